The highest BCUT2D eigenvalue weighted by Gasteiger charge is 2.36. The third-order valence-corrected chi connectivity index (χ3v) is 7.38. The first-order valence-corrected chi connectivity index (χ1v) is 11.7. The number of cyclic esters (lactones) is 1. The minimum Gasteiger partial charge on any atom is -0.493 e. The van der Waals surface area contributed by atoms with Gasteiger partial charge in [-0.2, -0.15) is 5.26 Å². The Balaban J connectivity index is 0.00000304. The average Bonchev–Trinajstić information content (AvgIpc) is 3.25. The number of nitrogens with zero attached hydrogens (tertiary/aromatic N) is 3. The Morgan fingerprint density at radius 1 is 1.28 bits per heavy atom. The van der Waals surface area contributed by atoms with Gasteiger partial charge < -0.3 is 19.3 Å². The number of esters is 1. The summed E-state index contributed by atoms with van der Waals surface area (Å²) < 4.78 is 31.1. The van der Waals surface area contributed by atoms with Crippen LogP contribution in [-0.4, -0.2) is 73.4 Å². The summed E-state index contributed by atoms with van der Waals surface area (Å²) in [6.45, 7) is 6.06. The number of hydrogen-bond donors (Lipinski definition) is 1. The normalized spacial score (nSPS) is 22.6. The van der Waals surface area contributed by atoms with E-state index < -0.39 is 11.9 Å². The molecule has 1 N–H and O–H groups in total. The van der Waals surface area contributed by atoms with Gasteiger partial charge in [0.05, 0.1) is 37.1 Å². The van der Waals surface area contributed by atoms with Crippen LogP contribution in [-0.2, 0) is 16.1 Å². The summed E-state index contributed by atoms with van der Waals surface area (Å²) in [5.74, 6) is -0.905. The van der Waals surface area contributed by atoms with Crippen molar-refractivity contribution >= 4 is 18.4 Å². The first kappa shape index (κ1) is 26.3. The number of ether oxygens (including phenoxy) is 3. The third-order valence-electron chi connectivity index (χ3n) is 7.38. The lowest BCUT2D eigenvalue weighted by Gasteiger charge is -2.46. The van der Waals surface area contributed by atoms with Gasteiger partial charge in [-0.05, 0) is 30.2 Å². The van der Waals surface area contributed by atoms with Gasteiger partial charge in [0.25, 0.3) is 0 Å². The number of rotatable bonds is 5. The number of morpholine rings is 1. The highest BCUT2D eigenvalue weighted by molar-refractivity contribution is 5.93. The molecule has 36 heavy (non-hydrogen) atoms. The molecule has 192 valence electrons. The molecule has 2 saturated heterocycles. The number of aliphatic hydroxyl groups is 1. The molecule has 3 heterocycles. The number of methoxy groups -OCH3 is 1. The van der Waals surface area contributed by atoms with Crippen LogP contribution in [0.3, 0.4) is 0 Å². The zero-order valence-electron chi connectivity index (χ0n) is 20.2. The van der Waals surface area contributed by atoms with E-state index in [4.69, 9.17) is 19.5 Å². The summed E-state index contributed by atoms with van der Waals surface area (Å²) in [6.07, 6.45) is -1.02. The first-order chi connectivity index (χ1) is 16.9. The Labute approximate surface area is 215 Å². The molecule has 0 spiro atoms. The zero-order valence-corrected chi connectivity index (χ0v) is 21.0. The van der Waals surface area contributed by atoms with E-state index in [0.29, 0.717) is 30.8 Å². The number of fused-ring (bicyclic) bond motifs is 2. The number of carbonyl (C=O) groups excluding carboxylic acids is 1. The Morgan fingerprint density at radius 3 is 2.83 bits per heavy atom. The lowest BCUT2D eigenvalue weighted by atomic mass is 9.95. The molecule has 0 unspecified atom stereocenters. The molecule has 0 bridgehead atoms. The van der Waals surface area contributed by atoms with E-state index in [2.05, 4.69) is 9.80 Å². The maximum absolute atomic E-state index is 14.6. The fraction of sp³-hybridized carbons (Fsp3) is 0.462. The van der Waals surface area contributed by atoms with Crippen LogP contribution in [0.2, 0.25) is 0 Å². The quantitative estimate of drug-likeness (QED) is 0.605. The van der Waals surface area contributed by atoms with Crippen LogP contribution in [0.5, 0.6) is 5.75 Å². The van der Waals surface area contributed by atoms with Crippen molar-refractivity contribution in [3.05, 3.63) is 63.5 Å². The third kappa shape index (κ3) is 4.67. The predicted octanol–water partition coefficient (Wildman–Crippen LogP) is 2.90. The van der Waals surface area contributed by atoms with E-state index in [-0.39, 0.29) is 48.4 Å². The smallest absolute Gasteiger partial charge is 0.338 e. The van der Waals surface area contributed by atoms with Crippen molar-refractivity contribution in [1.29, 1.82) is 5.26 Å². The zero-order chi connectivity index (χ0) is 24.7. The Morgan fingerprint density at radius 2 is 2.08 bits per heavy atom. The van der Waals surface area contributed by atoms with Crippen LogP contribution in [0.25, 0.3) is 0 Å². The van der Waals surface area contributed by atoms with E-state index in [1.54, 1.807) is 12.1 Å². The molecule has 3 aliphatic rings. The lowest BCUT2D eigenvalue weighted by molar-refractivity contribution is -0.0943. The van der Waals surface area contributed by atoms with Gasteiger partial charge in [0.2, 0.25) is 0 Å². The number of benzene rings is 2. The second-order valence-corrected chi connectivity index (χ2v) is 9.29. The minimum absolute atomic E-state index is 0. The molecule has 0 amide bonds. The van der Waals surface area contributed by atoms with Gasteiger partial charge in [0.15, 0.2) is 11.6 Å². The lowest BCUT2D eigenvalue weighted by Crippen LogP contribution is -2.58. The number of β-amino-alcohol motifs (C(OH)–C–C–N with tert-alkyl or cyclic N) is 1. The molecular formula is C26H29ClFN3O5. The van der Waals surface area contributed by atoms with Crippen molar-refractivity contribution in [2.24, 2.45) is 0 Å². The molecule has 3 atom stereocenters. The van der Waals surface area contributed by atoms with Crippen LogP contribution >= 0.6 is 12.4 Å². The molecule has 10 heteroatoms. The first-order valence-electron chi connectivity index (χ1n) is 11.7. The maximum Gasteiger partial charge on any atom is 0.338 e. The van der Waals surface area contributed by atoms with Gasteiger partial charge in [-0.3, -0.25) is 9.80 Å². The predicted molar refractivity (Wildman–Crippen MR) is 131 cm³/mol. The van der Waals surface area contributed by atoms with Crippen LogP contribution in [0, 0.1) is 24.1 Å². The second-order valence-electron chi connectivity index (χ2n) is 9.29. The average molecular weight is 518 g/mol. The number of nitriles is 1. The molecule has 5 rings (SSSR count). The van der Waals surface area contributed by atoms with Crippen LogP contribution < -0.4 is 4.74 Å². The van der Waals surface area contributed by atoms with E-state index in [9.17, 15) is 14.3 Å². The summed E-state index contributed by atoms with van der Waals surface area (Å²) in [7, 11) is 1.40. The molecule has 0 aromatic heterocycles. The van der Waals surface area contributed by atoms with Crippen molar-refractivity contribution in [3.63, 3.8) is 0 Å². The number of carbonyl (C=O) groups is 1. The van der Waals surface area contributed by atoms with Gasteiger partial charge >= 0.3 is 5.97 Å². The van der Waals surface area contributed by atoms with Crippen molar-refractivity contribution in [3.8, 4) is 11.8 Å². The molecule has 8 nitrogen and oxygen atoms in total. The van der Waals surface area contributed by atoms with Crippen molar-refractivity contribution < 1.29 is 28.5 Å². The molecule has 3 aliphatic heterocycles. The van der Waals surface area contributed by atoms with Crippen molar-refractivity contribution in [2.45, 2.75) is 31.8 Å². The summed E-state index contributed by atoms with van der Waals surface area (Å²) in [5.41, 5.74) is 3.72. The number of halogens is 2. The largest absolute Gasteiger partial charge is 0.493 e. The monoisotopic (exact) mass is 517 g/mol. The van der Waals surface area contributed by atoms with Crippen molar-refractivity contribution in [2.75, 3.05) is 46.4 Å². The highest BCUT2D eigenvalue weighted by Crippen LogP contribution is 2.36. The molecule has 2 aromatic rings. The van der Waals surface area contributed by atoms with E-state index >= 15 is 0 Å². The molecule has 0 aliphatic carbocycles. The van der Waals surface area contributed by atoms with E-state index in [1.165, 1.54) is 13.2 Å². The second kappa shape index (κ2) is 10.7. The van der Waals surface area contributed by atoms with Gasteiger partial charge in [-0.1, -0.05) is 12.1 Å². The molecule has 0 saturated carbocycles. The molecular weight excluding hydrogens is 489 g/mol. The molecule has 2 fully saturated rings. The molecule has 2 aromatic carbocycles. The number of piperazine rings is 1. The summed E-state index contributed by atoms with van der Waals surface area (Å²) in [5, 5.41) is 20.1. The summed E-state index contributed by atoms with van der Waals surface area (Å²) in [6, 6.07) is 8.73. The van der Waals surface area contributed by atoms with E-state index in [0.717, 1.165) is 36.3 Å². The fourth-order valence-corrected chi connectivity index (χ4v) is 5.39. The Hall–Kier alpha value is -2.74. The van der Waals surface area contributed by atoms with Crippen molar-refractivity contribution in [1.82, 2.24) is 9.80 Å². The van der Waals surface area contributed by atoms with Gasteiger partial charge in [0, 0.05) is 49.9 Å². The van der Waals surface area contributed by atoms with Crippen LogP contribution in [0.1, 0.15) is 50.4 Å². The minimum atomic E-state index is -0.675. The topological polar surface area (TPSA) is 95.3 Å². The van der Waals surface area contributed by atoms with Gasteiger partial charge in [-0.25, -0.2) is 9.18 Å². The van der Waals surface area contributed by atoms with Crippen LogP contribution in [0.15, 0.2) is 24.3 Å². The Bertz CT molecular complexity index is 1200. The molecule has 0 radical (unpaired) electrons. The van der Waals surface area contributed by atoms with Gasteiger partial charge in [-0.15, -0.1) is 12.4 Å². The Kier molecular flexibility index (Phi) is 7.83. The van der Waals surface area contributed by atoms with Crippen LogP contribution in [0.4, 0.5) is 4.39 Å². The number of hydrogen-bond acceptors (Lipinski definition) is 8. The summed E-state index contributed by atoms with van der Waals surface area (Å²) in [4.78, 5) is 16.4. The standard InChI is InChI=1S/C26H28FN3O5.ClH/c1-15-18(5-6-19-21(15)14-35-26(19)32)22(31)11-29-7-8-30-12-23(34-13-17(30)10-29)20-4-3-16(9-28)24(27)25(20)33-2;/h3-6,17,22-23,31H,7-8,10-14H2,1-2H3;1H/t17-,22-,23+;/m1./s1. The maximum atomic E-state index is 14.6. The highest BCUT2D eigenvalue weighted by atomic mass is 35.5. The fourth-order valence-electron chi connectivity index (χ4n) is 5.39. The summed E-state index contributed by atoms with van der Waals surface area (Å²) >= 11 is 0. The van der Waals surface area contributed by atoms with E-state index in [1.807, 2.05) is 19.1 Å². The number of aliphatic hydroxyl groups excluding tert-OH is 1. The SMILES string of the molecule is COc1c([C@@H]2CN3CCN(C[C@@H](O)c4ccc5c(c4C)COC5=O)C[C@@H]3CO2)ccc(C#N)c1F.Cl. The van der Waals surface area contributed by atoms with Gasteiger partial charge in [0.1, 0.15) is 12.7 Å².